The van der Waals surface area contributed by atoms with Gasteiger partial charge in [-0.15, -0.1) is 0 Å². The lowest BCUT2D eigenvalue weighted by atomic mass is 9.98. The van der Waals surface area contributed by atoms with Gasteiger partial charge in [0.15, 0.2) is 0 Å². The summed E-state index contributed by atoms with van der Waals surface area (Å²) in [5.74, 6) is 0.639. The van der Waals surface area contributed by atoms with Crippen LogP contribution in [0.25, 0.3) is 0 Å². The van der Waals surface area contributed by atoms with Gasteiger partial charge in [-0.25, -0.2) is 0 Å². The molecule has 184 valence electrons. The summed E-state index contributed by atoms with van der Waals surface area (Å²) in [5.41, 5.74) is 1.50. The zero-order chi connectivity index (χ0) is 23.5. The molecule has 0 bridgehead atoms. The highest BCUT2D eigenvalue weighted by molar-refractivity contribution is 6.05. The smallest absolute Gasteiger partial charge is 0.255 e. The van der Waals surface area contributed by atoms with Crippen LogP contribution in [-0.4, -0.2) is 60.6 Å². The van der Waals surface area contributed by atoms with Crippen LogP contribution < -0.4 is 15.4 Å². The Morgan fingerprint density at radius 2 is 1.85 bits per heavy atom. The molecule has 0 radical (unpaired) electrons. The molecule has 3 atom stereocenters. The molecule has 4 aliphatic rings. The van der Waals surface area contributed by atoms with Crippen molar-refractivity contribution in [3.8, 4) is 5.75 Å². The van der Waals surface area contributed by atoms with Crippen molar-refractivity contribution < 1.29 is 23.9 Å². The number of fused-ring (bicyclic) bond motifs is 1. The highest BCUT2D eigenvalue weighted by atomic mass is 16.5. The Labute approximate surface area is 200 Å². The highest BCUT2D eigenvalue weighted by Crippen LogP contribution is 2.32. The second-order valence-corrected chi connectivity index (χ2v) is 10.1. The van der Waals surface area contributed by atoms with Crippen LogP contribution in [0.4, 0.5) is 0 Å². The molecule has 3 heterocycles. The summed E-state index contributed by atoms with van der Waals surface area (Å²) in [5, 5.41) is 6.16. The first-order chi connectivity index (χ1) is 16.6. The Morgan fingerprint density at radius 1 is 1.03 bits per heavy atom. The summed E-state index contributed by atoms with van der Waals surface area (Å²) >= 11 is 0. The van der Waals surface area contributed by atoms with Gasteiger partial charge >= 0.3 is 0 Å². The molecule has 8 nitrogen and oxygen atoms in total. The molecule has 5 rings (SSSR count). The van der Waals surface area contributed by atoms with Crippen LogP contribution in [-0.2, 0) is 20.9 Å². The van der Waals surface area contributed by atoms with E-state index >= 15 is 0 Å². The number of rotatable bonds is 6. The third-order valence-corrected chi connectivity index (χ3v) is 7.74. The number of nitrogens with zero attached hydrogens (tertiary/aromatic N) is 1. The molecule has 0 spiro atoms. The van der Waals surface area contributed by atoms with Gasteiger partial charge in [-0.3, -0.25) is 19.7 Å². The number of amides is 3. The van der Waals surface area contributed by atoms with Crippen LogP contribution in [0.3, 0.4) is 0 Å². The molecule has 1 saturated carbocycles. The predicted octanol–water partition coefficient (Wildman–Crippen LogP) is 2.54. The van der Waals surface area contributed by atoms with E-state index in [0.717, 1.165) is 63.2 Å². The summed E-state index contributed by atoms with van der Waals surface area (Å²) in [6, 6.07) is 5.38. The Balaban J connectivity index is 1.24. The zero-order valence-corrected chi connectivity index (χ0v) is 19.7. The first-order valence-electron chi connectivity index (χ1n) is 12.8. The van der Waals surface area contributed by atoms with Crippen molar-refractivity contribution in [2.24, 2.45) is 5.92 Å². The van der Waals surface area contributed by atoms with E-state index in [1.165, 1.54) is 12.8 Å². The van der Waals surface area contributed by atoms with Crippen molar-refractivity contribution in [2.75, 3.05) is 19.8 Å². The molecular weight excluding hydrogens is 434 g/mol. The number of carbonyl (C=O) groups excluding carboxylic acids is 3. The molecular formula is C26H35N3O5. The molecule has 1 aliphatic carbocycles. The summed E-state index contributed by atoms with van der Waals surface area (Å²) in [7, 11) is 0. The number of nitrogens with one attached hydrogen (secondary N) is 2. The molecule has 3 fully saturated rings. The molecule has 2 saturated heterocycles. The maximum atomic E-state index is 13.0. The first-order valence-corrected chi connectivity index (χ1v) is 12.8. The standard InChI is InChI=1S/C26H35N3O5/c30-24-9-8-22(25(31)28-24)29-16-18-14-19(6-7-20(18)26(29)32)34-23-5-3-1-2-4-21(23)27-15-17-10-12-33-13-11-17/h6-7,14,17,21-23,27H,1-5,8-13,15-16H2,(H,28,30,31)/t21-,22?,23-/m0/s1. The number of benzene rings is 1. The predicted molar refractivity (Wildman–Crippen MR) is 125 cm³/mol. The molecule has 1 unspecified atom stereocenters. The molecule has 1 aromatic carbocycles. The van der Waals surface area contributed by atoms with E-state index in [1.807, 2.05) is 18.2 Å². The SMILES string of the molecule is O=C1CCC(N2Cc3cc(O[C@H]4CCCCC[C@@H]4NCC4CCOCC4)ccc3C2=O)C(=O)N1. The average molecular weight is 470 g/mol. The Hall–Kier alpha value is -2.45. The van der Waals surface area contributed by atoms with Gasteiger partial charge in [-0.05, 0) is 74.8 Å². The van der Waals surface area contributed by atoms with Gasteiger partial charge in [0.2, 0.25) is 11.8 Å². The van der Waals surface area contributed by atoms with Gasteiger partial charge < -0.3 is 19.7 Å². The number of piperidine rings is 1. The van der Waals surface area contributed by atoms with Crippen molar-refractivity contribution in [2.45, 2.75) is 82.5 Å². The average Bonchev–Trinajstić information content (AvgIpc) is 3.00. The lowest BCUT2D eigenvalue weighted by Crippen LogP contribution is -2.52. The lowest BCUT2D eigenvalue weighted by Gasteiger charge is -2.30. The van der Waals surface area contributed by atoms with Crippen LogP contribution >= 0.6 is 0 Å². The first kappa shape index (κ1) is 23.3. The largest absolute Gasteiger partial charge is 0.489 e. The molecule has 1 aromatic rings. The van der Waals surface area contributed by atoms with Crippen LogP contribution in [0.1, 0.15) is 73.7 Å². The van der Waals surface area contributed by atoms with Crippen LogP contribution in [0.2, 0.25) is 0 Å². The number of carbonyl (C=O) groups is 3. The summed E-state index contributed by atoms with van der Waals surface area (Å²) in [6.07, 6.45) is 8.70. The van der Waals surface area contributed by atoms with E-state index in [9.17, 15) is 14.4 Å². The van der Waals surface area contributed by atoms with Crippen molar-refractivity contribution in [3.63, 3.8) is 0 Å². The van der Waals surface area contributed by atoms with Crippen LogP contribution in [0.15, 0.2) is 18.2 Å². The highest BCUT2D eigenvalue weighted by Gasteiger charge is 2.39. The third kappa shape index (κ3) is 5.13. The van der Waals surface area contributed by atoms with Crippen LogP contribution in [0, 0.1) is 5.92 Å². The Kier molecular flexibility index (Phi) is 7.15. The van der Waals surface area contributed by atoms with Crippen molar-refractivity contribution in [3.05, 3.63) is 29.3 Å². The van der Waals surface area contributed by atoms with E-state index in [2.05, 4.69) is 10.6 Å². The Bertz CT molecular complexity index is 929. The second kappa shape index (κ2) is 10.4. The fourth-order valence-electron chi connectivity index (χ4n) is 5.72. The fraction of sp³-hybridized carbons (Fsp3) is 0.654. The van der Waals surface area contributed by atoms with E-state index in [4.69, 9.17) is 9.47 Å². The molecule has 3 amide bonds. The quantitative estimate of drug-likeness (QED) is 0.491. The maximum absolute atomic E-state index is 13.0. The zero-order valence-electron chi connectivity index (χ0n) is 19.7. The monoisotopic (exact) mass is 469 g/mol. The number of hydrogen-bond donors (Lipinski definition) is 2. The van der Waals surface area contributed by atoms with E-state index in [1.54, 1.807) is 4.90 Å². The van der Waals surface area contributed by atoms with Gasteiger partial charge in [-0.2, -0.15) is 0 Å². The summed E-state index contributed by atoms with van der Waals surface area (Å²) in [4.78, 5) is 38.3. The fourth-order valence-corrected chi connectivity index (χ4v) is 5.72. The minimum Gasteiger partial charge on any atom is -0.489 e. The van der Waals surface area contributed by atoms with Crippen LogP contribution in [0.5, 0.6) is 5.75 Å². The summed E-state index contributed by atoms with van der Waals surface area (Å²) in [6.45, 7) is 3.10. The topological polar surface area (TPSA) is 97.0 Å². The van der Waals surface area contributed by atoms with Gasteiger partial charge in [-0.1, -0.05) is 12.8 Å². The van der Waals surface area contributed by atoms with Crippen molar-refractivity contribution >= 4 is 17.7 Å². The van der Waals surface area contributed by atoms with E-state index < -0.39 is 6.04 Å². The van der Waals surface area contributed by atoms with E-state index in [-0.39, 0.29) is 30.2 Å². The third-order valence-electron chi connectivity index (χ3n) is 7.74. The number of imide groups is 1. The number of hydrogen-bond acceptors (Lipinski definition) is 6. The minimum absolute atomic E-state index is 0.101. The van der Waals surface area contributed by atoms with Crippen molar-refractivity contribution in [1.29, 1.82) is 0 Å². The number of ether oxygens (including phenoxy) is 2. The van der Waals surface area contributed by atoms with Crippen molar-refractivity contribution in [1.82, 2.24) is 15.5 Å². The molecule has 8 heteroatoms. The molecule has 34 heavy (non-hydrogen) atoms. The van der Waals surface area contributed by atoms with Gasteiger partial charge in [0.05, 0.1) is 0 Å². The minimum atomic E-state index is -0.595. The normalized spacial score (nSPS) is 28.4. The van der Waals surface area contributed by atoms with Gasteiger partial charge in [0, 0.05) is 37.8 Å². The summed E-state index contributed by atoms with van der Waals surface area (Å²) < 4.78 is 12.0. The second-order valence-electron chi connectivity index (χ2n) is 10.1. The lowest BCUT2D eigenvalue weighted by molar-refractivity contribution is -0.136. The maximum Gasteiger partial charge on any atom is 0.255 e. The molecule has 0 aromatic heterocycles. The molecule has 2 N–H and O–H groups in total. The Morgan fingerprint density at radius 3 is 2.68 bits per heavy atom. The van der Waals surface area contributed by atoms with Gasteiger partial charge in [0.25, 0.3) is 5.91 Å². The van der Waals surface area contributed by atoms with E-state index in [0.29, 0.717) is 30.5 Å². The molecule has 3 aliphatic heterocycles. The van der Waals surface area contributed by atoms with Gasteiger partial charge in [0.1, 0.15) is 17.9 Å².